The van der Waals surface area contributed by atoms with Gasteiger partial charge < -0.3 is 15.4 Å². The molecule has 1 aromatic carbocycles. The van der Waals surface area contributed by atoms with Gasteiger partial charge in [-0.15, -0.1) is 12.4 Å². The third kappa shape index (κ3) is 5.38. The molecule has 0 aliphatic heterocycles. The summed E-state index contributed by atoms with van der Waals surface area (Å²) in [6.45, 7) is 2.81. The van der Waals surface area contributed by atoms with E-state index in [9.17, 15) is 4.79 Å². The van der Waals surface area contributed by atoms with Gasteiger partial charge in [0.05, 0.1) is 7.11 Å². The molecule has 4 nitrogen and oxygen atoms in total. The maximum Gasteiger partial charge on any atom is 0.224 e. The number of rotatable bonds is 6. The Morgan fingerprint density at radius 3 is 2.67 bits per heavy atom. The minimum atomic E-state index is 0. The summed E-state index contributed by atoms with van der Waals surface area (Å²) in [5.74, 6) is 0.851. The molecule has 2 N–H and O–H groups in total. The second kappa shape index (κ2) is 8.78. The van der Waals surface area contributed by atoms with Gasteiger partial charge in [0.2, 0.25) is 5.91 Å². The van der Waals surface area contributed by atoms with Gasteiger partial charge in [-0.05, 0) is 50.7 Å². The fraction of sp³-hybridized carbons (Fsp3) is 0.462. The van der Waals surface area contributed by atoms with Crippen molar-refractivity contribution in [3.8, 4) is 5.75 Å². The summed E-state index contributed by atoms with van der Waals surface area (Å²) in [7, 11) is 3.51. The first-order valence-electron chi connectivity index (χ1n) is 5.76. The molecular weight excluding hydrogens is 252 g/mol. The molecule has 0 saturated heterocycles. The third-order valence-electron chi connectivity index (χ3n) is 2.54. The summed E-state index contributed by atoms with van der Waals surface area (Å²) in [5.41, 5.74) is 1.85. The van der Waals surface area contributed by atoms with E-state index in [0.717, 1.165) is 30.0 Å². The summed E-state index contributed by atoms with van der Waals surface area (Å²) in [6, 6.07) is 5.61. The normalized spacial score (nSPS) is 9.50. The van der Waals surface area contributed by atoms with Crippen LogP contribution in [0.2, 0.25) is 0 Å². The van der Waals surface area contributed by atoms with Gasteiger partial charge in [-0.3, -0.25) is 4.79 Å². The number of nitrogens with one attached hydrogen (secondary N) is 2. The van der Waals surface area contributed by atoms with E-state index in [4.69, 9.17) is 4.74 Å². The Labute approximate surface area is 115 Å². The summed E-state index contributed by atoms with van der Waals surface area (Å²) < 4.78 is 5.11. The number of anilines is 1. The van der Waals surface area contributed by atoms with Crippen molar-refractivity contribution >= 4 is 24.0 Å². The largest absolute Gasteiger partial charge is 0.497 e. The molecule has 0 unspecified atom stereocenters. The average molecular weight is 273 g/mol. The number of hydrogen-bond acceptors (Lipinski definition) is 3. The van der Waals surface area contributed by atoms with Crippen LogP contribution in [0.25, 0.3) is 0 Å². The van der Waals surface area contributed by atoms with Crippen LogP contribution in [0.1, 0.15) is 18.4 Å². The Bertz CT molecular complexity index is 383. The van der Waals surface area contributed by atoms with Gasteiger partial charge in [0.1, 0.15) is 5.75 Å². The Morgan fingerprint density at radius 2 is 2.11 bits per heavy atom. The fourth-order valence-electron chi connectivity index (χ4n) is 1.54. The number of methoxy groups -OCH3 is 1. The molecule has 0 atom stereocenters. The predicted molar refractivity (Wildman–Crippen MR) is 76.8 cm³/mol. The molecule has 18 heavy (non-hydrogen) atoms. The molecule has 1 amide bonds. The molecule has 1 rings (SSSR count). The van der Waals surface area contributed by atoms with E-state index in [-0.39, 0.29) is 18.3 Å². The number of carbonyl (C=O) groups excluding carboxylic acids is 1. The molecule has 5 heteroatoms. The Morgan fingerprint density at radius 1 is 1.39 bits per heavy atom. The molecule has 0 fully saturated rings. The van der Waals surface area contributed by atoms with Crippen LogP contribution in [0.4, 0.5) is 5.69 Å². The van der Waals surface area contributed by atoms with Crippen LogP contribution in [-0.2, 0) is 4.79 Å². The minimum absolute atomic E-state index is 0. The number of halogens is 1. The van der Waals surface area contributed by atoms with E-state index in [1.807, 2.05) is 32.2 Å². The molecule has 1 aromatic rings. The van der Waals surface area contributed by atoms with Gasteiger partial charge in [-0.2, -0.15) is 0 Å². The van der Waals surface area contributed by atoms with Gasteiger partial charge >= 0.3 is 0 Å². The van der Waals surface area contributed by atoms with E-state index < -0.39 is 0 Å². The smallest absolute Gasteiger partial charge is 0.224 e. The second-order valence-electron chi connectivity index (χ2n) is 3.94. The summed E-state index contributed by atoms with van der Waals surface area (Å²) in [4.78, 5) is 11.6. The number of carbonyl (C=O) groups is 1. The minimum Gasteiger partial charge on any atom is -0.497 e. The molecule has 0 aliphatic rings. The van der Waals surface area contributed by atoms with Crippen LogP contribution in [0.3, 0.4) is 0 Å². The first-order chi connectivity index (χ1) is 8.17. The Balaban J connectivity index is 0.00000289. The number of amides is 1. The highest BCUT2D eigenvalue weighted by molar-refractivity contribution is 5.91. The third-order valence-corrected chi connectivity index (χ3v) is 2.54. The standard InChI is InChI=1S/C13H20N2O2.ClH/c1-10-9-11(17-3)6-7-12(10)15-13(16)5-4-8-14-2;/h6-7,9,14H,4-5,8H2,1-3H3,(H,15,16);1H. The molecule has 102 valence electrons. The van der Waals surface area contributed by atoms with Crippen LogP contribution < -0.4 is 15.4 Å². The topological polar surface area (TPSA) is 50.4 Å². The van der Waals surface area contributed by atoms with Crippen molar-refractivity contribution in [1.82, 2.24) is 5.32 Å². The molecule has 0 aliphatic carbocycles. The van der Waals surface area contributed by atoms with Crippen molar-refractivity contribution in [2.24, 2.45) is 0 Å². The molecule has 0 bridgehead atoms. The Kier molecular flexibility index (Phi) is 8.16. The number of hydrogen-bond donors (Lipinski definition) is 2. The van der Waals surface area contributed by atoms with Gasteiger partial charge in [-0.1, -0.05) is 0 Å². The summed E-state index contributed by atoms with van der Waals surface area (Å²) in [6.07, 6.45) is 1.38. The monoisotopic (exact) mass is 272 g/mol. The van der Waals surface area contributed by atoms with Gasteiger partial charge in [0.25, 0.3) is 0 Å². The van der Waals surface area contributed by atoms with Gasteiger partial charge in [0, 0.05) is 12.1 Å². The van der Waals surface area contributed by atoms with Crippen molar-refractivity contribution in [2.75, 3.05) is 26.0 Å². The van der Waals surface area contributed by atoms with E-state index in [2.05, 4.69) is 10.6 Å². The molecule has 0 saturated carbocycles. The van der Waals surface area contributed by atoms with Crippen molar-refractivity contribution in [3.63, 3.8) is 0 Å². The lowest BCUT2D eigenvalue weighted by Gasteiger charge is -2.09. The van der Waals surface area contributed by atoms with Crippen LogP contribution in [0.5, 0.6) is 5.75 Å². The number of benzene rings is 1. The average Bonchev–Trinajstić information content (AvgIpc) is 2.32. The van der Waals surface area contributed by atoms with Gasteiger partial charge in [0.15, 0.2) is 0 Å². The number of ether oxygens (including phenoxy) is 1. The lowest BCUT2D eigenvalue weighted by molar-refractivity contribution is -0.116. The van der Waals surface area contributed by atoms with E-state index in [1.54, 1.807) is 7.11 Å². The molecule has 0 heterocycles. The lowest BCUT2D eigenvalue weighted by Crippen LogP contribution is -2.15. The van der Waals surface area contributed by atoms with Crippen LogP contribution in [0.15, 0.2) is 18.2 Å². The SMILES string of the molecule is CNCCCC(=O)Nc1ccc(OC)cc1C.Cl. The summed E-state index contributed by atoms with van der Waals surface area (Å²) >= 11 is 0. The Hall–Kier alpha value is -1.26. The zero-order valence-corrected chi connectivity index (χ0v) is 11.9. The zero-order valence-electron chi connectivity index (χ0n) is 11.1. The van der Waals surface area contributed by atoms with Crippen molar-refractivity contribution in [3.05, 3.63) is 23.8 Å². The van der Waals surface area contributed by atoms with Crippen LogP contribution in [0, 0.1) is 6.92 Å². The van der Waals surface area contributed by atoms with E-state index >= 15 is 0 Å². The lowest BCUT2D eigenvalue weighted by atomic mass is 10.2. The fourth-order valence-corrected chi connectivity index (χ4v) is 1.54. The highest BCUT2D eigenvalue weighted by atomic mass is 35.5. The van der Waals surface area contributed by atoms with Crippen LogP contribution in [-0.4, -0.2) is 26.6 Å². The summed E-state index contributed by atoms with van der Waals surface area (Å²) in [5, 5.41) is 5.91. The van der Waals surface area contributed by atoms with Crippen LogP contribution >= 0.6 is 12.4 Å². The molecule has 0 spiro atoms. The van der Waals surface area contributed by atoms with E-state index in [1.165, 1.54) is 0 Å². The van der Waals surface area contributed by atoms with Crippen molar-refractivity contribution in [2.45, 2.75) is 19.8 Å². The first kappa shape index (κ1) is 16.7. The van der Waals surface area contributed by atoms with Gasteiger partial charge in [-0.25, -0.2) is 0 Å². The van der Waals surface area contributed by atoms with E-state index in [0.29, 0.717) is 6.42 Å². The highest BCUT2D eigenvalue weighted by Crippen LogP contribution is 2.21. The van der Waals surface area contributed by atoms with Crippen molar-refractivity contribution in [1.29, 1.82) is 0 Å². The number of aryl methyl sites for hydroxylation is 1. The highest BCUT2D eigenvalue weighted by Gasteiger charge is 2.05. The van der Waals surface area contributed by atoms with Crippen molar-refractivity contribution < 1.29 is 9.53 Å². The predicted octanol–water partition coefficient (Wildman–Crippen LogP) is 2.36. The molecule has 0 aromatic heterocycles. The first-order valence-corrected chi connectivity index (χ1v) is 5.76. The second-order valence-corrected chi connectivity index (χ2v) is 3.94. The maximum absolute atomic E-state index is 11.6. The maximum atomic E-state index is 11.6. The quantitative estimate of drug-likeness (QED) is 0.782. The molecular formula is C13H21ClN2O2. The molecule has 0 radical (unpaired) electrons. The zero-order chi connectivity index (χ0) is 12.7.